The van der Waals surface area contributed by atoms with Crippen molar-refractivity contribution in [3.05, 3.63) is 71.8 Å². The van der Waals surface area contributed by atoms with Gasteiger partial charge in [0, 0.05) is 19.6 Å². The van der Waals surface area contributed by atoms with Gasteiger partial charge in [-0.3, -0.25) is 9.59 Å². The van der Waals surface area contributed by atoms with Gasteiger partial charge in [-0.2, -0.15) is 0 Å². The first-order chi connectivity index (χ1) is 18.1. The van der Waals surface area contributed by atoms with Gasteiger partial charge in [-0.25, -0.2) is 4.79 Å². The molecule has 3 amide bonds. The summed E-state index contributed by atoms with van der Waals surface area (Å²) in [5.41, 5.74) is 7.71. The van der Waals surface area contributed by atoms with Crippen molar-refractivity contribution in [1.29, 1.82) is 0 Å². The van der Waals surface area contributed by atoms with Gasteiger partial charge in [0.15, 0.2) is 0 Å². The Morgan fingerprint density at radius 3 is 2.26 bits per heavy atom. The standard InChI is InChI=1S/C29H38N4O5/c1-29(2,3)25(30)27(35)33-15-14-32(28(36)38-20-21-10-6-4-7-11-21)18-23(33)26(34)31-16-17-37-24(19-31)22-12-8-5-9-13-22/h4-13,23-25H,14-20,30H2,1-3H3/t23-,24-,25+/m0/s1. The second-order valence-electron chi connectivity index (χ2n) is 10.9. The molecule has 2 aromatic carbocycles. The molecular formula is C29H38N4O5. The SMILES string of the molecule is CC(C)(C)[C@H](N)C(=O)N1CCN(C(=O)OCc2ccccc2)C[C@H]1C(=O)N1CCO[C@H](c2ccccc2)C1. The zero-order chi connectivity index (χ0) is 27.3. The molecule has 0 aliphatic carbocycles. The van der Waals surface area contributed by atoms with Gasteiger partial charge < -0.3 is 29.9 Å². The van der Waals surface area contributed by atoms with Crippen LogP contribution in [0.2, 0.25) is 0 Å². The third kappa shape index (κ3) is 6.52. The van der Waals surface area contributed by atoms with Gasteiger partial charge in [0.05, 0.1) is 25.7 Å². The molecule has 0 spiro atoms. The van der Waals surface area contributed by atoms with Crippen molar-refractivity contribution in [3.63, 3.8) is 0 Å². The summed E-state index contributed by atoms with van der Waals surface area (Å²) in [4.78, 5) is 45.1. The number of hydrogen-bond donors (Lipinski definition) is 1. The topological polar surface area (TPSA) is 105 Å². The maximum atomic E-state index is 13.9. The van der Waals surface area contributed by atoms with Gasteiger partial charge >= 0.3 is 6.09 Å². The number of rotatable bonds is 5. The van der Waals surface area contributed by atoms with E-state index in [9.17, 15) is 14.4 Å². The lowest BCUT2D eigenvalue weighted by molar-refractivity contribution is -0.155. The number of amides is 3. The van der Waals surface area contributed by atoms with E-state index in [1.165, 1.54) is 4.90 Å². The fraction of sp³-hybridized carbons (Fsp3) is 0.483. The van der Waals surface area contributed by atoms with E-state index < -0.39 is 23.6 Å². The molecule has 9 heteroatoms. The van der Waals surface area contributed by atoms with Crippen molar-refractivity contribution < 1.29 is 23.9 Å². The Hall–Kier alpha value is -3.43. The lowest BCUT2D eigenvalue weighted by atomic mass is 9.86. The Balaban J connectivity index is 1.51. The highest BCUT2D eigenvalue weighted by Crippen LogP contribution is 2.26. The molecule has 4 rings (SSSR count). The Kier molecular flexibility index (Phi) is 8.69. The molecule has 0 saturated carbocycles. The third-order valence-electron chi connectivity index (χ3n) is 7.16. The average molecular weight is 523 g/mol. The van der Waals surface area contributed by atoms with Crippen LogP contribution >= 0.6 is 0 Å². The molecular weight excluding hydrogens is 484 g/mol. The highest BCUT2D eigenvalue weighted by atomic mass is 16.6. The molecule has 0 aromatic heterocycles. The van der Waals surface area contributed by atoms with Gasteiger partial charge in [-0.15, -0.1) is 0 Å². The lowest BCUT2D eigenvalue weighted by Gasteiger charge is -2.44. The highest BCUT2D eigenvalue weighted by molar-refractivity contribution is 5.91. The van der Waals surface area contributed by atoms with Crippen LogP contribution in [0.4, 0.5) is 4.79 Å². The number of morpholine rings is 1. The minimum atomic E-state index is -0.858. The minimum Gasteiger partial charge on any atom is -0.445 e. The van der Waals surface area contributed by atoms with Crippen LogP contribution in [0.5, 0.6) is 0 Å². The normalized spacial score (nSPS) is 21.1. The van der Waals surface area contributed by atoms with Crippen molar-refractivity contribution in [2.24, 2.45) is 11.1 Å². The van der Waals surface area contributed by atoms with Gasteiger partial charge in [-0.05, 0) is 16.5 Å². The number of benzene rings is 2. The van der Waals surface area contributed by atoms with Crippen LogP contribution in [0, 0.1) is 5.41 Å². The summed E-state index contributed by atoms with van der Waals surface area (Å²) in [6, 6.07) is 17.5. The predicted octanol–water partition coefficient (Wildman–Crippen LogP) is 2.81. The first-order valence-electron chi connectivity index (χ1n) is 13.1. The lowest BCUT2D eigenvalue weighted by Crippen LogP contribution is -2.65. The predicted molar refractivity (Wildman–Crippen MR) is 143 cm³/mol. The number of hydrogen-bond acceptors (Lipinski definition) is 6. The molecule has 2 aliphatic heterocycles. The van der Waals surface area contributed by atoms with E-state index in [0.717, 1.165) is 11.1 Å². The number of carbonyl (C=O) groups excluding carboxylic acids is 3. The van der Waals surface area contributed by atoms with Crippen LogP contribution in [0.3, 0.4) is 0 Å². The number of ether oxygens (including phenoxy) is 2. The van der Waals surface area contributed by atoms with Crippen LogP contribution < -0.4 is 5.73 Å². The molecule has 2 aromatic rings. The Bertz CT molecular complexity index is 1100. The number of piperazine rings is 1. The van der Waals surface area contributed by atoms with Crippen LogP contribution in [-0.4, -0.2) is 84.0 Å². The van der Waals surface area contributed by atoms with Crippen LogP contribution in [0.15, 0.2) is 60.7 Å². The summed E-state index contributed by atoms with van der Waals surface area (Å²) < 4.78 is 11.5. The van der Waals surface area contributed by atoms with E-state index in [1.54, 1.807) is 9.80 Å². The largest absolute Gasteiger partial charge is 0.445 e. The van der Waals surface area contributed by atoms with Crippen molar-refractivity contribution in [3.8, 4) is 0 Å². The number of carbonyl (C=O) groups is 3. The smallest absolute Gasteiger partial charge is 0.410 e. The fourth-order valence-electron chi connectivity index (χ4n) is 4.71. The second-order valence-corrected chi connectivity index (χ2v) is 10.9. The van der Waals surface area contributed by atoms with Gasteiger partial charge in [0.1, 0.15) is 18.8 Å². The summed E-state index contributed by atoms with van der Waals surface area (Å²) >= 11 is 0. The van der Waals surface area contributed by atoms with Crippen LogP contribution in [0.1, 0.15) is 38.0 Å². The quantitative estimate of drug-likeness (QED) is 0.648. The van der Waals surface area contributed by atoms with Crippen molar-refractivity contribution in [2.75, 3.05) is 39.3 Å². The van der Waals surface area contributed by atoms with Crippen LogP contribution in [-0.2, 0) is 25.7 Å². The molecule has 2 aliphatic rings. The maximum Gasteiger partial charge on any atom is 0.410 e. The van der Waals surface area contributed by atoms with Gasteiger partial charge in [-0.1, -0.05) is 81.4 Å². The van der Waals surface area contributed by atoms with Crippen molar-refractivity contribution >= 4 is 17.9 Å². The summed E-state index contributed by atoms with van der Waals surface area (Å²) in [5.74, 6) is -0.509. The molecule has 3 atom stereocenters. The molecule has 0 bridgehead atoms. The second kappa shape index (κ2) is 12.0. The van der Waals surface area contributed by atoms with E-state index in [1.807, 2.05) is 81.4 Å². The Labute approximate surface area is 224 Å². The van der Waals surface area contributed by atoms with Crippen molar-refractivity contribution in [1.82, 2.24) is 14.7 Å². The first-order valence-corrected chi connectivity index (χ1v) is 13.1. The maximum absolute atomic E-state index is 13.9. The minimum absolute atomic E-state index is 0.0441. The average Bonchev–Trinajstić information content (AvgIpc) is 2.95. The Morgan fingerprint density at radius 1 is 0.947 bits per heavy atom. The number of nitrogens with zero attached hydrogens (tertiary/aromatic N) is 3. The monoisotopic (exact) mass is 522 g/mol. The van der Waals surface area contributed by atoms with E-state index in [-0.39, 0.29) is 44.2 Å². The molecule has 2 saturated heterocycles. The molecule has 0 unspecified atom stereocenters. The zero-order valence-corrected chi connectivity index (χ0v) is 22.4. The van der Waals surface area contributed by atoms with E-state index in [0.29, 0.717) is 19.7 Å². The first kappa shape index (κ1) is 27.6. The zero-order valence-electron chi connectivity index (χ0n) is 22.4. The summed E-state index contributed by atoms with van der Waals surface area (Å²) in [6.45, 7) is 7.49. The molecule has 2 fully saturated rings. The Morgan fingerprint density at radius 2 is 1.61 bits per heavy atom. The van der Waals surface area contributed by atoms with E-state index in [2.05, 4.69) is 0 Å². The summed E-state index contributed by atoms with van der Waals surface area (Å²) in [5, 5.41) is 0. The molecule has 204 valence electrons. The summed E-state index contributed by atoms with van der Waals surface area (Å²) in [7, 11) is 0. The molecule has 0 radical (unpaired) electrons. The van der Waals surface area contributed by atoms with Gasteiger partial charge in [0.25, 0.3) is 0 Å². The molecule has 2 heterocycles. The van der Waals surface area contributed by atoms with Crippen molar-refractivity contribution in [2.45, 2.75) is 45.6 Å². The third-order valence-corrected chi connectivity index (χ3v) is 7.16. The van der Waals surface area contributed by atoms with Crippen LogP contribution in [0.25, 0.3) is 0 Å². The van der Waals surface area contributed by atoms with E-state index >= 15 is 0 Å². The number of nitrogens with two attached hydrogens (primary N) is 1. The molecule has 9 nitrogen and oxygen atoms in total. The molecule has 2 N–H and O–H groups in total. The van der Waals surface area contributed by atoms with E-state index in [4.69, 9.17) is 15.2 Å². The highest BCUT2D eigenvalue weighted by Gasteiger charge is 2.43. The summed E-state index contributed by atoms with van der Waals surface area (Å²) in [6.07, 6.45) is -0.770. The fourth-order valence-corrected chi connectivity index (χ4v) is 4.71. The molecule has 38 heavy (non-hydrogen) atoms. The van der Waals surface area contributed by atoms with Gasteiger partial charge in [0.2, 0.25) is 11.8 Å².